The largest absolute Gasteiger partial charge is 0.324 e. The Labute approximate surface area is 76.3 Å². The van der Waals surface area contributed by atoms with Crippen molar-refractivity contribution in [3.05, 3.63) is 23.8 Å². The van der Waals surface area contributed by atoms with Crippen LogP contribution in [0.4, 0.5) is 0 Å². The minimum absolute atomic E-state index is 0.0920. The van der Waals surface area contributed by atoms with Crippen molar-refractivity contribution < 1.29 is 0 Å². The van der Waals surface area contributed by atoms with Gasteiger partial charge in [-0.1, -0.05) is 32.9 Å². The maximum absolute atomic E-state index is 5.76. The SMILES string of the molecule is C=C(/C(=C/CC)CCC)C(C)N. The molecule has 0 saturated carbocycles. The molecule has 0 heterocycles. The van der Waals surface area contributed by atoms with Crippen molar-refractivity contribution in [1.29, 1.82) is 0 Å². The first kappa shape index (κ1) is 11.4. The summed E-state index contributed by atoms with van der Waals surface area (Å²) >= 11 is 0. The lowest BCUT2D eigenvalue weighted by atomic mass is 9.97. The molecule has 0 saturated heterocycles. The number of nitrogens with two attached hydrogens (primary N) is 1. The van der Waals surface area contributed by atoms with Crippen molar-refractivity contribution in [3.63, 3.8) is 0 Å². The van der Waals surface area contributed by atoms with Gasteiger partial charge in [-0.05, 0) is 30.9 Å². The zero-order valence-electron chi connectivity index (χ0n) is 8.56. The second-order valence-electron chi connectivity index (χ2n) is 3.20. The van der Waals surface area contributed by atoms with Crippen LogP contribution in [0.3, 0.4) is 0 Å². The lowest BCUT2D eigenvalue weighted by molar-refractivity contribution is 0.821. The van der Waals surface area contributed by atoms with E-state index in [2.05, 4.69) is 26.5 Å². The first-order chi connectivity index (χ1) is 5.63. The van der Waals surface area contributed by atoms with Gasteiger partial charge in [0, 0.05) is 6.04 Å². The molecule has 1 atom stereocenters. The molecular weight excluding hydrogens is 146 g/mol. The molecule has 0 aliphatic heterocycles. The highest BCUT2D eigenvalue weighted by molar-refractivity contribution is 5.31. The summed E-state index contributed by atoms with van der Waals surface area (Å²) in [6.45, 7) is 10.3. The highest BCUT2D eigenvalue weighted by atomic mass is 14.6. The molecule has 0 aromatic heterocycles. The molecule has 0 spiro atoms. The van der Waals surface area contributed by atoms with Crippen LogP contribution in [0.2, 0.25) is 0 Å². The van der Waals surface area contributed by atoms with Crippen molar-refractivity contribution in [2.45, 2.75) is 46.1 Å². The van der Waals surface area contributed by atoms with E-state index in [1.54, 1.807) is 0 Å². The fourth-order valence-electron chi connectivity index (χ4n) is 1.20. The lowest BCUT2D eigenvalue weighted by Crippen LogP contribution is -2.18. The molecule has 12 heavy (non-hydrogen) atoms. The van der Waals surface area contributed by atoms with E-state index in [0.29, 0.717) is 0 Å². The Morgan fingerprint density at radius 2 is 2.08 bits per heavy atom. The smallest absolute Gasteiger partial charge is 0.0262 e. The molecule has 0 aromatic carbocycles. The van der Waals surface area contributed by atoms with Gasteiger partial charge in [-0.25, -0.2) is 0 Å². The number of rotatable bonds is 5. The van der Waals surface area contributed by atoms with Crippen molar-refractivity contribution in [2.75, 3.05) is 0 Å². The average molecular weight is 167 g/mol. The van der Waals surface area contributed by atoms with E-state index in [1.807, 2.05) is 6.92 Å². The zero-order chi connectivity index (χ0) is 9.56. The van der Waals surface area contributed by atoms with Crippen LogP contribution in [0.5, 0.6) is 0 Å². The topological polar surface area (TPSA) is 26.0 Å². The molecule has 0 aliphatic rings. The molecule has 70 valence electrons. The molecule has 0 fully saturated rings. The van der Waals surface area contributed by atoms with Gasteiger partial charge in [-0.2, -0.15) is 0 Å². The van der Waals surface area contributed by atoms with E-state index >= 15 is 0 Å². The molecule has 2 N–H and O–H groups in total. The predicted molar refractivity (Wildman–Crippen MR) is 56.1 cm³/mol. The summed E-state index contributed by atoms with van der Waals surface area (Å²) < 4.78 is 0. The van der Waals surface area contributed by atoms with Crippen LogP contribution >= 0.6 is 0 Å². The molecule has 0 rings (SSSR count). The summed E-state index contributed by atoms with van der Waals surface area (Å²) in [7, 11) is 0. The van der Waals surface area contributed by atoms with E-state index in [4.69, 9.17) is 5.73 Å². The Morgan fingerprint density at radius 3 is 2.42 bits per heavy atom. The molecule has 1 heteroatoms. The van der Waals surface area contributed by atoms with E-state index < -0.39 is 0 Å². The van der Waals surface area contributed by atoms with Crippen LogP contribution < -0.4 is 5.73 Å². The van der Waals surface area contributed by atoms with Crippen LogP contribution in [-0.4, -0.2) is 6.04 Å². The number of hydrogen-bond donors (Lipinski definition) is 1. The maximum atomic E-state index is 5.76. The third kappa shape index (κ3) is 3.72. The fraction of sp³-hybridized carbons (Fsp3) is 0.636. The summed E-state index contributed by atoms with van der Waals surface area (Å²) in [6, 6.07) is 0.0920. The Morgan fingerprint density at radius 1 is 1.50 bits per heavy atom. The van der Waals surface area contributed by atoms with E-state index in [9.17, 15) is 0 Å². The highest BCUT2D eigenvalue weighted by Crippen LogP contribution is 2.17. The molecule has 0 amide bonds. The molecule has 0 aliphatic carbocycles. The number of allylic oxidation sites excluding steroid dienone is 1. The van der Waals surface area contributed by atoms with E-state index in [-0.39, 0.29) is 6.04 Å². The Hall–Kier alpha value is -0.560. The van der Waals surface area contributed by atoms with Gasteiger partial charge >= 0.3 is 0 Å². The third-order valence-electron chi connectivity index (χ3n) is 1.93. The minimum Gasteiger partial charge on any atom is -0.324 e. The van der Waals surface area contributed by atoms with Gasteiger partial charge in [0.25, 0.3) is 0 Å². The first-order valence-corrected chi connectivity index (χ1v) is 4.77. The van der Waals surface area contributed by atoms with Gasteiger partial charge in [0.2, 0.25) is 0 Å². The van der Waals surface area contributed by atoms with Gasteiger partial charge < -0.3 is 5.73 Å². The summed E-state index contributed by atoms with van der Waals surface area (Å²) in [5.74, 6) is 0. The van der Waals surface area contributed by atoms with Crippen LogP contribution in [-0.2, 0) is 0 Å². The van der Waals surface area contributed by atoms with Crippen LogP contribution in [0.1, 0.15) is 40.0 Å². The van der Waals surface area contributed by atoms with Gasteiger partial charge in [-0.15, -0.1) is 0 Å². The Bertz CT molecular complexity index is 166. The molecule has 0 radical (unpaired) electrons. The van der Waals surface area contributed by atoms with Crippen molar-refractivity contribution in [1.82, 2.24) is 0 Å². The van der Waals surface area contributed by atoms with Crippen LogP contribution in [0, 0.1) is 0 Å². The van der Waals surface area contributed by atoms with E-state index in [1.165, 1.54) is 5.57 Å². The molecule has 1 unspecified atom stereocenters. The van der Waals surface area contributed by atoms with Gasteiger partial charge in [-0.3, -0.25) is 0 Å². The van der Waals surface area contributed by atoms with Crippen LogP contribution in [0.25, 0.3) is 0 Å². The number of hydrogen-bond acceptors (Lipinski definition) is 1. The first-order valence-electron chi connectivity index (χ1n) is 4.77. The van der Waals surface area contributed by atoms with Crippen LogP contribution in [0.15, 0.2) is 23.8 Å². The standard InChI is InChI=1S/C11H21N/c1-5-7-11(8-6-2)9(3)10(4)12/h7,10H,3,5-6,8,12H2,1-2,4H3/b11-7+. The second kappa shape index (κ2) is 6.01. The van der Waals surface area contributed by atoms with Gasteiger partial charge in [0.15, 0.2) is 0 Å². The molecule has 1 nitrogen and oxygen atoms in total. The summed E-state index contributed by atoms with van der Waals surface area (Å²) in [4.78, 5) is 0. The highest BCUT2D eigenvalue weighted by Gasteiger charge is 2.05. The quantitative estimate of drug-likeness (QED) is 0.626. The molecule has 0 bridgehead atoms. The van der Waals surface area contributed by atoms with E-state index in [0.717, 1.165) is 24.8 Å². The fourth-order valence-corrected chi connectivity index (χ4v) is 1.20. The maximum Gasteiger partial charge on any atom is 0.0262 e. The summed E-state index contributed by atoms with van der Waals surface area (Å²) in [6.07, 6.45) is 5.57. The monoisotopic (exact) mass is 167 g/mol. The Kier molecular flexibility index (Phi) is 5.73. The predicted octanol–water partition coefficient (Wildman–Crippen LogP) is 3.03. The summed E-state index contributed by atoms with van der Waals surface area (Å²) in [5.41, 5.74) is 8.20. The van der Waals surface area contributed by atoms with Crippen molar-refractivity contribution >= 4 is 0 Å². The second-order valence-corrected chi connectivity index (χ2v) is 3.20. The molecular formula is C11H21N. The Balaban J connectivity index is 4.30. The average Bonchev–Trinajstić information content (AvgIpc) is 2.03. The summed E-state index contributed by atoms with van der Waals surface area (Å²) in [5, 5.41) is 0. The normalized spacial score (nSPS) is 14.5. The minimum atomic E-state index is 0.0920. The zero-order valence-corrected chi connectivity index (χ0v) is 8.56. The van der Waals surface area contributed by atoms with Gasteiger partial charge in [0.1, 0.15) is 0 Å². The molecule has 0 aromatic rings. The van der Waals surface area contributed by atoms with Crippen molar-refractivity contribution in [3.8, 4) is 0 Å². The lowest BCUT2D eigenvalue weighted by Gasteiger charge is -2.13. The third-order valence-corrected chi connectivity index (χ3v) is 1.93. The van der Waals surface area contributed by atoms with Crippen molar-refractivity contribution in [2.24, 2.45) is 5.73 Å². The van der Waals surface area contributed by atoms with Gasteiger partial charge in [0.05, 0.1) is 0 Å².